The number of hydrogen-bond acceptors (Lipinski definition) is 3. The van der Waals surface area contributed by atoms with E-state index in [9.17, 15) is 4.79 Å². The number of halogens is 1. The minimum absolute atomic E-state index is 0.131. The summed E-state index contributed by atoms with van der Waals surface area (Å²) in [6.07, 6.45) is 1.40. The summed E-state index contributed by atoms with van der Waals surface area (Å²) in [6, 6.07) is 8.12. The van der Waals surface area contributed by atoms with E-state index >= 15 is 0 Å². The third-order valence-electron chi connectivity index (χ3n) is 2.61. The Morgan fingerprint density at radius 3 is 2.89 bits per heavy atom. The van der Waals surface area contributed by atoms with E-state index in [0.717, 1.165) is 5.69 Å². The summed E-state index contributed by atoms with van der Waals surface area (Å²) in [4.78, 5) is 18.1. The van der Waals surface area contributed by atoms with E-state index in [1.807, 2.05) is 34.7 Å². The zero-order valence-electron chi connectivity index (χ0n) is 10.2. The van der Waals surface area contributed by atoms with Crippen molar-refractivity contribution < 1.29 is 0 Å². The van der Waals surface area contributed by atoms with Gasteiger partial charge in [0.25, 0.3) is 5.56 Å². The molecule has 0 aliphatic heterocycles. The summed E-state index contributed by atoms with van der Waals surface area (Å²) < 4.78 is 0.560. The average Bonchev–Trinajstić information content (AvgIpc) is 2.35. The molecule has 0 unspecified atom stereocenters. The summed E-state index contributed by atoms with van der Waals surface area (Å²) in [5.74, 6) is 1.05. The molecule has 2 N–H and O–H groups in total. The van der Waals surface area contributed by atoms with Gasteiger partial charge in [0.15, 0.2) is 5.82 Å². The van der Waals surface area contributed by atoms with Gasteiger partial charge in [-0.1, -0.05) is 26.0 Å². The van der Waals surface area contributed by atoms with E-state index in [2.05, 4.69) is 41.3 Å². The Kier molecular flexibility index (Phi) is 4.00. The predicted octanol–water partition coefficient (Wildman–Crippen LogP) is 3.24. The minimum Gasteiger partial charge on any atom is -0.339 e. The standard InChI is InChI=1S/C13H14IN3O/c1-8(2)9-4-3-5-10(6-9)17-12-11(14)13(18)16-7-15-12/h3-8H,1-2H3,(H2,15,16,17,18). The molecule has 0 bridgehead atoms. The van der Waals surface area contributed by atoms with Crippen LogP contribution < -0.4 is 10.9 Å². The predicted molar refractivity (Wildman–Crippen MR) is 81.4 cm³/mol. The molecule has 18 heavy (non-hydrogen) atoms. The fraction of sp³-hybridized carbons (Fsp3) is 0.231. The van der Waals surface area contributed by atoms with Crippen LogP contribution in [0.15, 0.2) is 35.4 Å². The van der Waals surface area contributed by atoms with Gasteiger partial charge in [-0.15, -0.1) is 0 Å². The maximum absolute atomic E-state index is 11.5. The van der Waals surface area contributed by atoms with Crippen LogP contribution >= 0.6 is 22.6 Å². The lowest BCUT2D eigenvalue weighted by molar-refractivity contribution is 0.867. The van der Waals surface area contributed by atoms with Gasteiger partial charge in [-0.3, -0.25) is 4.79 Å². The van der Waals surface area contributed by atoms with E-state index in [1.54, 1.807) is 0 Å². The van der Waals surface area contributed by atoms with E-state index in [4.69, 9.17) is 0 Å². The Morgan fingerprint density at radius 1 is 1.39 bits per heavy atom. The van der Waals surface area contributed by atoms with Crippen LogP contribution in [0, 0.1) is 3.57 Å². The van der Waals surface area contributed by atoms with Gasteiger partial charge in [0.2, 0.25) is 0 Å². The largest absolute Gasteiger partial charge is 0.339 e. The molecule has 4 nitrogen and oxygen atoms in total. The van der Waals surface area contributed by atoms with Crippen LogP contribution in [-0.2, 0) is 0 Å². The van der Waals surface area contributed by atoms with Crippen LogP contribution in [0.1, 0.15) is 25.3 Å². The van der Waals surface area contributed by atoms with Crippen LogP contribution in [0.3, 0.4) is 0 Å². The Bertz CT molecular complexity index is 607. The molecule has 0 amide bonds. The molecular formula is C13H14IN3O. The molecule has 5 heteroatoms. The molecular weight excluding hydrogens is 341 g/mol. The van der Waals surface area contributed by atoms with Gasteiger partial charge in [0, 0.05) is 5.69 Å². The summed E-state index contributed by atoms with van der Waals surface area (Å²) >= 11 is 1.99. The van der Waals surface area contributed by atoms with Gasteiger partial charge in [0.05, 0.1) is 6.33 Å². The van der Waals surface area contributed by atoms with Gasteiger partial charge in [-0.2, -0.15) is 0 Å². The van der Waals surface area contributed by atoms with Crippen molar-refractivity contribution in [3.63, 3.8) is 0 Å². The lowest BCUT2D eigenvalue weighted by Crippen LogP contribution is -2.12. The molecule has 2 aromatic rings. The highest BCUT2D eigenvalue weighted by atomic mass is 127. The van der Waals surface area contributed by atoms with Crippen LogP contribution in [0.5, 0.6) is 0 Å². The molecule has 0 radical (unpaired) electrons. The summed E-state index contributed by atoms with van der Waals surface area (Å²) in [5.41, 5.74) is 2.06. The quantitative estimate of drug-likeness (QED) is 0.832. The molecule has 1 aromatic carbocycles. The maximum atomic E-state index is 11.5. The molecule has 0 saturated carbocycles. The zero-order valence-corrected chi connectivity index (χ0v) is 12.4. The number of hydrogen-bond donors (Lipinski definition) is 2. The van der Waals surface area contributed by atoms with Crippen molar-refractivity contribution >= 4 is 34.1 Å². The normalized spacial score (nSPS) is 10.7. The molecule has 0 atom stereocenters. The van der Waals surface area contributed by atoms with Crippen molar-refractivity contribution in [2.45, 2.75) is 19.8 Å². The Hall–Kier alpha value is -1.37. The fourth-order valence-electron chi connectivity index (χ4n) is 1.58. The van der Waals surface area contributed by atoms with Gasteiger partial charge < -0.3 is 10.3 Å². The highest BCUT2D eigenvalue weighted by Gasteiger charge is 2.06. The number of aromatic nitrogens is 2. The molecule has 0 fully saturated rings. The molecule has 0 aliphatic rings. The topological polar surface area (TPSA) is 57.8 Å². The number of benzene rings is 1. The van der Waals surface area contributed by atoms with Crippen LogP contribution in [0.25, 0.3) is 0 Å². The van der Waals surface area contributed by atoms with E-state index in [1.165, 1.54) is 11.9 Å². The number of aromatic amines is 1. The van der Waals surface area contributed by atoms with Gasteiger partial charge in [-0.05, 0) is 46.2 Å². The number of H-pyrrole nitrogens is 1. The first-order chi connectivity index (χ1) is 8.58. The molecule has 0 aliphatic carbocycles. The molecule has 1 heterocycles. The maximum Gasteiger partial charge on any atom is 0.266 e. The number of nitrogens with one attached hydrogen (secondary N) is 2. The number of rotatable bonds is 3. The van der Waals surface area contributed by atoms with Gasteiger partial charge in [-0.25, -0.2) is 4.98 Å². The highest BCUT2D eigenvalue weighted by Crippen LogP contribution is 2.22. The second kappa shape index (κ2) is 5.51. The van der Waals surface area contributed by atoms with Crippen molar-refractivity contribution in [1.29, 1.82) is 0 Å². The first-order valence-corrected chi connectivity index (χ1v) is 6.76. The SMILES string of the molecule is CC(C)c1cccc(Nc2nc[nH]c(=O)c2I)c1. The Balaban J connectivity index is 2.31. The Labute approximate surface area is 119 Å². The van der Waals surface area contributed by atoms with Crippen molar-refractivity contribution in [1.82, 2.24) is 9.97 Å². The van der Waals surface area contributed by atoms with Crippen LogP contribution in [-0.4, -0.2) is 9.97 Å². The number of anilines is 2. The second-order valence-corrected chi connectivity index (χ2v) is 5.38. The van der Waals surface area contributed by atoms with E-state index in [0.29, 0.717) is 15.3 Å². The van der Waals surface area contributed by atoms with Crippen molar-refractivity contribution in [2.75, 3.05) is 5.32 Å². The van der Waals surface area contributed by atoms with Crippen molar-refractivity contribution in [3.8, 4) is 0 Å². The third-order valence-corrected chi connectivity index (χ3v) is 3.61. The monoisotopic (exact) mass is 355 g/mol. The molecule has 1 aromatic heterocycles. The first-order valence-electron chi connectivity index (χ1n) is 5.68. The second-order valence-electron chi connectivity index (χ2n) is 4.30. The third kappa shape index (κ3) is 2.90. The molecule has 2 rings (SSSR count). The number of nitrogens with zero attached hydrogens (tertiary/aromatic N) is 1. The van der Waals surface area contributed by atoms with Crippen LogP contribution in [0.2, 0.25) is 0 Å². The molecule has 94 valence electrons. The van der Waals surface area contributed by atoms with Crippen molar-refractivity contribution in [3.05, 3.63) is 50.1 Å². The lowest BCUT2D eigenvalue weighted by Gasteiger charge is -2.10. The highest BCUT2D eigenvalue weighted by molar-refractivity contribution is 14.1. The summed E-state index contributed by atoms with van der Waals surface area (Å²) in [7, 11) is 0. The smallest absolute Gasteiger partial charge is 0.266 e. The summed E-state index contributed by atoms with van der Waals surface area (Å²) in [6.45, 7) is 4.29. The van der Waals surface area contributed by atoms with Gasteiger partial charge in [0.1, 0.15) is 3.57 Å². The van der Waals surface area contributed by atoms with Crippen LogP contribution in [0.4, 0.5) is 11.5 Å². The first kappa shape index (κ1) is 13.1. The lowest BCUT2D eigenvalue weighted by atomic mass is 10.0. The average molecular weight is 355 g/mol. The Morgan fingerprint density at radius 2 is 2.17 bits per heavy atom. The van der Waals surface area contributed by atoms with E-state index in [-0.39, 0.29) is 5.56 Å². The molecule has 0 saturated heterocycles. The minimum atomic E-state index is -0.131. The van der Waals surface area contributed by atoms with Gasteiger partial charge >= 0.3 is 0 Å². The molecule has 0 spiro atoms. The van der Waals surface area contributed by atoms with E-state index < -0.39 is 0 Å². The van der Waals surface area contributed by atoms with Crippen molar-refractivity contribution in [2.24, 2.45) is 0 Å². The fourth-order valence-corrected chi connectivity index (χ4v) is 2.01. The zero-order chi connectivity index (χ0) is 13.1. The summed E-state index contributed by atoms with van der Waals surface area (Å²) in [5, 5.41) is 3.17.